The average molecular weight is 255 g/mol. The standard InChI is InChI=1S/C12H15ClN2O2/c13-11-3-8(7-16)4-14-12(11)15-5-9-1-2-10(6-15)17-9/h3-4,9-10,16H,1-2,5-7H2. The molecule has 5 heteroatoms. The van der Waals surface area contributed by atoms with E-state index in [1.54, 1.807) is 12.3 Å². The summed E-state index contributed by atoms with van der Waals surface area (Å²) in [6.07, 6.45) is 4.59. The molecule has 0 aliphatic carbocycles. The largest absolute Gasteiger partial charge is 0.392 e. The van der Waals surface area contributed by atoms with Crippen LogP contribution in [0.3, 0.4) is 0 Å². The number of aliphatic hydroxyl groups is 1. The van der Waals surface area contributed by atoms with E-state index < -0.39 is 0 Å². The highest BCUT2D eigenvalue weighted by Gasteiger charge is 2.34. The van der Waals surface area contributed by atoms with E-state index in [2.05, 4.69) is 9.88 Å². The Labute approximate surface area is 105 Å². The van der Waals surface area contributed by atoms with E-state index in [0.717, 1.165) is 37.3 Å². The van der Waals surface area contributed by atoms with Gasteiger partial charge in [0.25, 0.3) is 0 Å². The lowest BCUT2D eigenvalue weighted by molar-refractivity contribution is 0.0302. The number of anilines is 1. The third-order valence-electron chi connectivity index (χ3n) is 3.40. The number of aromatic nitrogens is 1. The molecule has 2 bridgehead atoms. The smallest absolute Gasteiger partial charge is 0.147 e. The number of rotatable bonds is 2. The van der Waals surface area contributed by atoms with E-state index in [-0.39, 0.29) is 6.61 Å². The van der Waals surface area contributed by atoms with Crippen LogP contribution in [-0.2, 0) is 11.3 Å². The van der Waals surface area contributed by atoms with Crippen LogP contribution in [0.2, 0.25) is 5.02 Å². The molecule has 0 radical (unpaired) electrons. The maximum absolute atomic E-state index is 9.03. The Kier molecular flexibility index (Phi) is 2.94. The van der Waals surface area contributed by atoms with Crippen molar-refractivity contribution in [1.29, 1.82) is 0 Å². The van der Waals surface area contributed by atoms with Crippen molar-refractivity contribution in [2.45, 2.75) is 31.7 Å². The normalized spacial score (nSPS) is 27.5. The van der Waals surface area contributed by atoms with Crippen LogP contribution in [0.4, 0.5) is 5.82 Å². The first kappa shape index (κ1) is 11.3. The maximum atomic E-state index is 9.03. The molecule has 2 aliphatic heterocycles. The van der Waals surface area contributed by atoms with Crippen LogP contribution in [0.1, 0.15) is 18.4 Å². The third-order valence-corrected chi connectivity index (χ3v) is 3.68. The Balaban J connectivity index is 1.84. The van der Waals surface area contributed by atoms with Gasteiger partial charge in [-0.25, -0.2) is 4.98 Å². The molecular weight excluding hydrogens is 240 g/mol. The lowest BCUT2D eigenvalue weighted by Gasteiger charge is -2.33. The number of hydrogen-bond acceptors (Lipinski definition) is 4. The van der Waals surface area contributed by atoms with Gasteiger partial charge in [-0.2, -0.15) is 0 Å². The average Bonchev–Trinajstić information content (AvgIpc) is 2.68. The molecule has 2 atom stereocenters. The Morgan fingerprint density at radius 1 is 1.41 bits per heavy atom. The van der Waals surface area contributed by atoms with Crippen LogP contribution in [0.25, 0.3) is 0 Å². The van der Waals surface area contributed by atoms with Gasteiger partial charge in [-0.3, -0.25) is 0 Å². The zero-order valence-corrected chi connectivity index (χ0v) is 10.2. The van der Waals surface area contributed by atoms with Crippen LogP contribution in [0, 0.1) is 0 Å². The zero-order chi connectivity index (χ0) is 11.8. The Morgan fingerprint density at radius 2 is 2.12 bits per heavy atom. The number of hydrogen-bond donors (Lipinski definition) is 1. The molecule has 4 nitrogen and oxygen atoms in total. The minimum atomic E-state index is -0.0264. The highest BCUT2D eigenvalue weighted by molar-refractivity contribution is 6.33. The van der Waals surface area contributed by atoms with E-state index >= 15 is 0 Å². The first-order chi connectivity index (χ1) is 8.26. The molecule has 17 heavy (non-hydrogen) atoms. The highest BCUT2D eigenvalue weighted by atomic mass is 35.5. The summed E-state index contributed by atoms with van der Waals surface area (Å²) in [5, 5.41) is 9.63. The first-order valence-electron chi connectivity index (χ1n) is 5.92. The summed E-state index contributed by atoms with van der Waals surface area (Å²) >= 11 is 6.20. The van der Waals surface area contributed by atoms with Crippen molar-refractivity contribution in [3.63, 3.8) is 0 Å². The molecule has 0 amide bonds. The van der Waals surface area contributed by atoms with Gasteiger partial charge in [0.1, 0.15) is 5.82 Å². The zero-order valence-electron chi connectivity index (χ0n) is 9.47. The minimum Gasteiger partial charge on any atom is -0.392 e. The third kappa shape index (κ3) is 2.12. The molecule has 92 valence electrons. The van der Waals surface area contributed by atoms with Crippen LogP contribution < -0.4 is 4.90 Å². The van der Waals surface area contributed by atoms with E-state index in [0.29, 0.717) is 17.2 Å². The molecular formula is C12H15ClN2O2. The van der Waals surface area contributed by atoms with E-state index in [9.17, 15) is 0 Å². The van der Waals surface area contributed by atoms with Gasteiger partial charge in [0.05, 0.1) is 23.8 Å². The van der Waals surface area contributed by atoms with Crippen LogP contribution in [0.15, 0.2) is 12.3 Å². The summed E-state index contributed by atoms with van der Waals surface area (Å²) in [5.41, 5.74) is 0.745. The summed E-state index contributed by atoms with van der Waals surface area (Å²) in [4.78, 5) is 6.54. The number of nitrogens with zero attached hydrogens (tertiary/aromatic N) is 2. The molecule has 2 fully saturated rings. The molecule has 0 aromatic carbocycles. The molecule has 3 heterocycles. The fourth-order valence-electron chi connectivity index (χ4n) is 2.58. The topological polar surface area (TPSA) is 45.6 Å². The number of ether oxygens (including phenoxy) is 1. The number of aliphatic hydroxyl groups excluding tert-OH is 1. The summed E-state index contributed by atoms with van der Waals surface area (Å²) in [6.45, 7) is 1.70. The monoisotopic (exact) mass is 254 g/mol. The van der Waals surface area contributed by atoms with E-state index in [4.69, 9.17) is 21.4 Å². The second-order valence-electron chi connectivity index (χ2n) is 4.67. The number of morpholine rings is 1. The number of fused-ring (bicyclic) bond motifs is 2. The molecule has 2 saturated heterocycles. The van der Waals surface area contributed by atoms with Crippen molar-refractivity contribution in [3.8, 4) is 0 Å². The molecule has 1 N–H and O–H groups in total. The van der Waals surface area contributed by atoms with Crippen molar-refractivity contribution >= 4 is 17.4 Å². The lowest BCUT2D eigenvalue weighted by atomic mass is 10.2. The van der Waals surface area contributed by atoms with Crippen LogP contribution >= 0.6 is 11.6 Å². The fourth-order valence-corrected chi connectivity index (χ4v) is 2.89. The number of pyridine rings is 1. The van der Waals surface area contributed by atoms with Gasteiger partial charge in [-0.05, 0) is 24.5 Å². The van der Waals surface area contributed by atoms with Crippen molar-refractivity contribution in [1.82, 2.24) is 4.98 Å². The van der Waals surface area contributed by atoms with Gasteiger partial charge >= 0.3 is 0 Å². The van der Waals surface area contributed by atoms with Crippen molar-refractivity contribution < 1.29 is 9.84 Å². The van der Waals surface area contributed by atoms with Crippen LogP contribution in [0.5, 0.6) is 0 Å². The molecule has 1 aromatic rings. The molecule has 1 aromatic heterocycles. The van der Waals surface area contributed by atoms with Crippen molar-refractivity contribution in [3.05, 3.63) is 22.8 Å². The van der Waals surface area contributed by atoms with Gasteiger partial charge in [0, 0.05) is 19.3 Å². The Hall–Kier alpha value is -0.840. The summed E-state index contributed by atoms with van der Waals surface area (Å²) in [6, 6.07) is 1.78. The molecule has 2 aliphatic rings. The molecule has 2 unspecified atom stereocenters. The SMILES string of the molecule is OCc1cnc(N2CC3CCC(C2)O3)c(Cl)c1. The summed E-state index contributed by atoms with van der Waals surface area (Å²) in [7, 11) is 0. The Morgan fingerprint density at radius 3 is 2.71 bits per heavy atom. The van der Waals surface area contributed by atoms with Crippen molar-refractivity contribution in [2.24, 2.45) is 0 Å². The quantitative estimate of drug-likeness (QED) is 0.871. The predicted molar refractivity (Wildman–Crippen MR) is 65.3 cm³/mol. The number of halogens is 1. The second-order valence-corrected chi connectivity index (χ2v) is 5.08. The second kappa shape index (κ2) is 4.44. The maximum Gasteiger partial charge on any atom is 0.147 e. The van der Waals surface area contributed by atoms with Gasteiger partial charge in [0.15, 0.2) is 0 Å². The highest BCUT2D eigenvalue weighted by Crippen LogP contribution is 2.32. The van der Waals surface area contributed by atoms with E-state index in [1.165, 1.54) is 0 Å². The summed E-state index contributed by atoms with van der Waals surface area (Å²) < 4.78 is 5.78. The Bertz CT molecular complexity index is 415. The van der Waals surface area contributed by atoms with Crippen molar-refractivity contribution in [2.75, 3.05) is 18.0 Å². The summed E-state index contributed by atoms with van der Waals surface area (Å²) in [5.74, 6) is 0.809. The fraction of sp³-hybridized carbons (Fsp3) is 0.583. The lowest BCUT2D eigenvalue weighted by Crippen LogP contribution is -2.43. The molecule has 0 spiro atoms. The van der Waals surface area contributed by atoms with Crippen LogP contribution in [-0.4, -0.2) is 35.4 Å². The predicted octanol–water partition coefficient (Wildman–Crippen LogP) is 1.59. The minimum absolute atomic E-state index is 0.0264. The van der Waals surface area contributed by atoms with Gasteiger partial charge < -0.3 is 14.7 Å². The molecule has 0 saturated carbocycles. The van der Waals surface area contributed by atoms with Gasteiger partial charge in [-0.1, -0.05) is 11.6 Å². The van der Waals surface area contributed by atoms with Gasteiger partial charge in [-0.15, -0.1) is 0 Å². The first-order valence-corrected chi connectivity index (χ1v) is 6.30. The van der Waals surface area contributed by atoms with Gasteiger partial charge in [0.2, 0.25) is 0 Å². The van der Waals surface area contributed by atoms with E-state index in [1.807, 2.05) is 0 Å². The molecule has 3 rings (SSSR count).